The van der Waals surface area contributed by atoms with Crippen LogP contribution in [0.3, 0.4) is 0 Å². The molecule has 0 saturated carbocycles. The second kappa shape index (κ2) is 8.69. The summed E-state index contributed by atoms with van der Waals surface area (Å²) in [6, 6.07) is 14.0. The molecule has 0 aliphatic carbocycles. The first kappa shape index (κ1) is 22.5. The molecule has 0 spiro atoms. The zero-order chi connectivity index (χ0) is 23.8. The Morgan fingerprint density at radius 2 is 1.64 bits per heavy atom. The van der Waals surface area contributed by atoms with Gasteiger partial charge in [-0.2, -0.15) is 0 Å². The van der Waals surface area contributed by atoms with Gasteiger partial charge < -0.3 is 15.5 Å². The summed E-state index contributed by atoms with van der Waals surface area (Å²) in [6.45, 7) is 5.71. The number of nitrogens with one attached hydrogen (secondary N) is 2. The SMILES string of the molecule is CC(C)C(=O)Nc1ccc(NC(=O)CCN2C(=O)c3ccccc3N3C(=O)CCC23C)cc1. The second-order valence-corrected chi connectivity index (χ2v) is 8.94. The van der Waals surface area contributed by atoms with Crippen LogP contribution in [0.2, 0.25) is 0 Å². The second-order valence-electron chi connectivity index (χ2n) is 8.94. The van der Waals surface area contributed by atoms with Crippen molar-refractivity contribution in [2.75, 3.05) is 22.1 Å². The molecule has 0 radical (unpaired) electrons. The molecule has 1 atom stereocenters. The highest BCUT2D eigenvalue weighted by molar-refractivity contribution is 6.10. The van der Waals surface area contributed by atoms with Crippen molar-refractivity contribution in [2.24, 2.45) is 5.92 Å². The molecule has 1 fully saturated rings. The first-order chi connectivity index (χ1) is 15.7. The molecule has 1 unspecified atom stereocenters. The molecule has 2 heterocycles. The number of hydrogen-bond acceptors (Lipinski definition) is 4. The van der Waals surface area contributed by atoms with Crippen LogP contribution < -0.4 is 15.5 Å². The zero-order valence-electron chi connectivity index (χ0n) is 19.1. The van der Waals surface area contributed by atoms with Gasteiger partial charge in [-0.25, -0.2) is 0 Å². The molecule has 0 aromatic heterocycles. The Bertz CT molecular complexity index is 1110. The lowest BCUT2D eigenvalue weighted by atomic mass is 9.98. The Balaban J connectivity index is 1.42. The van der Waals surface area contributed by atoms with Gasteiger partial charge in [0.1, 0.15) is 5.66 Å². The fraction of sp³-hybridized carbons (Fsp3) is 0.360. The van der Waals surface area contributed by atoms with Crippen molar-refractivity contribution in [3.63, 3.8) is 0 Å². The van der Waals surface area contributed by atoms with Gasteiger partial charge in [0, 0.05) is 36.7 Å². The van der Waals surface area contributed by atoms with Crippen LogP contribution in [0, 0.1) is 5.92 Å². The van der Waals surface area contributed by atoms with E-state index in [4.69, 9.17) is 0 Å². The lowest BCUT2D eigenvalue weighted by Gasteiger charge is -2.48. The predicted molar refractivity (Wildman–Crippen MR) is 126 cm³/mol. The zero-order valence-corrected chi connectivity index (χ0v) is 19.1. The topological polar surface area (TPSA) is 98.8 Å². The highest BCUT2D eigenvalue weighted by Gasteiger charge is 2.52. The van der Waals surface area contributed by atoms with Gasteiger partial charge in [0.2, 0.25) is 17.7 Å². The maximum atomic E-state index is 13.2. The van der Waals surface area contributed by atoms with Crippen LogP contribution in [-0.4, -0.2) is 40.7 Å². The Morgan fingerprint density at radius 1 is 1.00 bits per heavy atom. The van der Waals surface area contributed by atoms with Gasteiger partial charge in [-0.15, -0.1) is 0 Å². The summed E-state index contributed by atoms with van der Waals surface area (Å²) >= 11 is 0. The molecule has 2 aliphatic heterocycles. The fourth-order valence-electron chi connectivity index (χ4n) is 4.40. The predicted octanol–water partition coefficient (Wildman–Crippen LogP) is 3.61. The summed E-state index contributed by atoms with van der Waals surface area (Å²) in [5.41, 5.74) is 1.59. The number of anilines is 3. The van der Waals surface area contributed by atoms with E-state index in [0.29, 0.717) is 35.5 Å². The van der Waals surface area contributed by atoms with E-state index in [1.165, 1.54) is 0 Å². The first-order valence-corrected chi connectivity index (χ1v) is 11.2. The third kappa shape index (κ3) is 4.20. The van der Waals surface area contributed by atoms with Crippen LogP contribution in [0.4, 0.5) is 17.1 Å². The number of amides is 4. The highest BCUT2D eigenvalue weighted by atomic mass is 16.2. The van der Waals surface area contributed by atoms with Crippen LogP contribution in [0.25, 0.3) is 0 Å². The molecule has 8 heteroatoms. The summed E-state index contributed by atoms with van der Waals surface area (Å²) in [5, 5.41) is 5.63. The molecule has 2 aromatic carbocycles. The van der Waals surface area contributed by atoms with Crippen LogP contribution >= 0.6 is 0 Å². The summed E-state index contributed by atoms with van der Waals surface area (Å²) in [5.74, 6) is -0.622. The van der Waals surface area contributed by atoms with Gasteiger partial charge in [0.15, 0.2) is 0 Å². The minimum atomic E-state index is -0.779. The molecule has 33 heavy (non-hydrogen) atoms. The quantitative estimate of drug-likeness (QED) is 0.705. The van der Waals surface area contributed by atoms with Crippen molar-refractivity contribution < 1.29 is 19.2 Å². The normalized spacial score (nSPS) is 19.4. The third-order valence-electron chi connectivity index (χ3n) is 6.27. The van der Waals surface area contributed by atoms with E-state index in [2.05, 4.69) is 10.6 Å². The summed E-state index contributed by atoms with van der Waals surface area (Å²) in [4.78, 5) is 53.6. The van der Waals surface area contributed by atoms with Crippen molar-refractivity contribution in [1.29, 1.82) is 0 Å². The van der Waals surface area contributed by atoms with Crippen molar-refractivity contribution >= 4 is 40.7 Å². The molecule has 1 saturated heterocycles. The minimum Gasteiger partial charge on any atom is -0.326 e. The molecular weight excluding hydrogens is 420 g/mol. The summed E-state index contributed by atoms with van der Waals surface area (Å²) < 4.78 is 0. The van der Waals surface area contributed by atoms with Crippen molar-refractivity contribution in [3.05, 3.63) is 54.1 Å². The van der Waals surface area contributed by atoms with E-state index in [9.17, 15) is 19.2 Å². The number of para-hydroxylation sites is 1. The molecular formula is C25H28N4O4. The average molecular weight is 449 g/mol. The average Bonchev–Trinajstić information content (AvgIpc) is 3.10. The van der Waals surface area contributed by atoms with E-state index in [1.54, 1.807) is 52.3 Å². The summed E-state index contributed by atoms with van der Waals surface area (Å²) in [6.07, 6.45) is 0.981. The Kier molecular flexibility index (Phi) is 5.93. The van der Waals surface area contributed by atoms with E-state index in [-0.39, 0.29) is 42.5 Å². The molecule has 2 aromatic rings. The van der Waals surface area contributed by atoms with Crippen LogP contribution in [0.15, 0.2) is 48.5 Å². The number of rotatable bonds is 6. The lowest BCUT2D eigenvalue weighted by Crippen LogP contribution is -2.62. The van der Waals surface area contributed by atoms with Crippen LogP contribution in [0.5, 0.6) is 0 Å². The van der Waals surface area contributed by atoms with Gasteiger partial charge in [0.25, 0.3) is 5.91 Å². The largest absolute Gasteiger partial charge is 0.326 e. The molecule has 0 bridgehead atoms. The number of hydrogen-bond donors (Lipinski definition) is 2. The monoisotopic (exact) mass is 448 g/mol. The fourth-order valence-corrected chi connectivity index (χ4v) is 4.40. The Labute approximate surface area is 192 Å². The van der Waals surface area contributed by atoms with Crippen LogP contribution in [-0.2, 0) is 14.4 Å². The number of carbonyl (C=O) groups is 4. The maximum Gasteiger partial charge on any atom is 0.257 e. The van der Waals surface area contributed by atoms with E-state index in [0.717, 1.165) is 0 Å². The van der Waals surface area contributed by atoms with Crippen LogP contribution in [0.1, 0.15) is 50.4 Å². The van der Waals surface area contributed by atoms with E-state index < -0.39 is 5.66 Å². The highest BCUT2D eigenvalue weighted by Crippen LogP contribution is 2.43. The smallest absolute Gasteiger partial charge is 0.257 e. The number of nitrogens with zero attached hydrogens (tertiary/aromatic N) is 2. The molecule has 2 aliphatic rings. The van der Waals surface area contributed by atoms with Crippen molar-refractivity contribution in [2.45, 2.75) is 45.7 Å². The van der Waals surface area contributed by atoms with Gasteiger partial charge in [0.05, 0.1) is 11.3 Å². The minimum absolute atomic E-state index is 0.0171. The molecule has 172 valence electrons. The summed E-state index contributed by atoms with van der Waals surface area (Å²) in [7, 11) is 0. The van der Waals surface area contributed by atoms with Gasteiger partial charge >= 0.3 is 0 Å². The molecule has 8 nitrogen and oxygen atoms in total. The van der Waals surface area contributed by atoms with Crippen molar-refractivity contribution in [1.82, 2.24) is 4.90 Å². The Hall–Kier alpha value is -3.68. The third-order valence-corrected chi connectivity index (χ3v) is 6.27. The molecule has 4 amide bonds. The Morgan fingerprint density at radius 3 is 2.30 bits per heavy atom. The lowest BCUT2D eigenvalue weighted by molar-refractivity contribution is -0.119. The van der Waals surface area contributed by atoms with Gasteiger partial charge in [-0.05, 0) is 49.7 Å². The number of benzene rings is 2. The van der Waals surface area contributed by atoms with Crippen molar-refractivity contribution in [3.8, 4) is 0 Å². The maximum absolute atomic E-state index is 13.2. The standard InChI is InChI=1S/C25H28N4O4/c1-16(2)23(32)27-18-10-8-17(9-11-18)26-21(30)13-15-28-24(33)19-6-4-5-7-20(19)29-22(31)12-14-25(28,29)3/h4-11,16H,12-15H2,1-3H3,(H,26,30)(H,27,32). The van der Waals surface area contributed by atoms with Gasteiger partial charge in [-0.1, -0.05) is 26.0 Å². The molecule has 2 N–H and O–H groups in total. The van der Waals surface area contributed by atoms with E-state index in [1.807, 2.05) is 26.8 Å². The first-order valence-electron chi connectivity index (χ1n) is 11.2. The number of carbonyl (C=O) groups excluding carboxylic acids is 4. The molecule has 4 rings (SSSR count). The number of fused-ring (bicyclic) bond motifs is 3. The van der Waals surface area contributed by atoms with Gasteiger partial charge in [-0.3, -0.25) is 24.1 Å². The van der Waals surface area contributed by atoms with E-state index >= 15 is 0 Å².